The van der Waals surface area contributed by atoms with E-state index in [1.165, 1.54) is 0 Å². The predicted molar refractivity (Wildman–Crippen MR) is 94.8 cm³/mol. The zero-order chi connectivity index (χ0) is 18.2. The summed E-state index contributed by atoms with van der Waals surface area (Å²) in [6.45, 7) is 4.13. The molecule has 3 fully saturated rings. The number of likely N-dealkylation sites (N-methyl/N-ethyl adjacent to an activating group) is 1. The number of nitrogens with zero attached hydrogens (tertiary/aromatic N) is 2. The number of carbonyl (C=O) groups excluding carboxylic acids is 3. The van der Waals surface area contributed by atoms with Crippen molar-refractivity contribution in [3.8, 4) is 0 Å². The molecule has 1 aliphatic heterocycles. The number of urea groups is 1. The molecule has 0 unspecified atom stereocenters. The molecule has 25 heavy (non-hydrogen) atoms. The molecule has 0 radical (unpaired) electrons. The lowest BCUT2D eigenvalue weighted by molar-refractivity contribution is -0.141. The molecule has 0 aromatic carbocycles. The molecule has 1 saturated heterocycles. The number of amides is 4. The smallest absolute Gasteiger partial charge is 0.325 e. The molecule has 0 aromatic heterocycles. The molecule has 1 N–H and O–H groups in total. The summed E-state index contributed by atoms with van der Waals surface area (Å²) < 4.78 is 0. The van der Waals surface area contributed by atoms with Crippen LogP contribution in [-0.2, 0) is 9.59 Å². The number of hydrogen-bond acceptors (Lipinski definition) is 3. The van der Waals surface area contributed by atoms with E-state index < -0.39 is 11.6 Å². The van der Waals surface area contributed by atoms with E-state index >= 15 is 0 Å². The van der Waals surface area contributed by atoms with Crippen molar-refractivity contribution >= 4 is 17.8 Å². The van der Waals surface area contributed by atoms with Crippen LogP contribution in [0.4, 0.5) is 4.79 Å². The van der Waals surface area contributed by atoms with Crippen LogP contribution in [-0.4, -0.2) is 52.8 Å². The fraction of sp³-hybridized carbons (Fsp3) is 0.842. The fourth-order valence-corrected chi connectivity index (χ4v) is 4.72. The topological polar surface area (TPSA) is 69.7 Å². The maximum Gasteiger partial charge on any atom is 0.325 e. The summed E-state index contributed by atoms with van der Waals surface area (Å²) in [6, 6.07) is -0.176. The lowest BCUT2D eigenvalue weighted by Crippen LogP contribution is -2.54. The summed E-state index contributed by atoms with van der Waals surface area (Å²) in [7, 11) is 1.81. The van der Waals surface area contributed by atoms with Gasteiger partial charge in [0.25, 0.3) is 5.91 Å². The first kappa shape index (κ1) is 18.2. The third kappa shape index (κ3) is 3.27. The van der Waals surface area contributed by atoms with E-state index in [2.05, 4.69) is 12.2 Å². The fourth-order valence-electron chi connectivity index (χ4n) is 4.72. The molecule has 0 aromatic rings. The molecular formula is C19H31N3O3. The second kappa shape index (κ2) is 6.96. The van der Waals surface area contributed by atoms with Gasteiger partial charge < -0.3 is 10.2 Å². The maximum absolute atomic E-state index is 13.0. The Morgan fingerprint density at radius 1 is 1.16 bits per heavy atom. The van der Waals surface area contributed by atoms with Crippen molar-refractivity contribution in [3.63, 3.8) is 0 Å². The molecular weight excluding hydrogens is 318 g/mol. The normalized spacial score (nSPS) is 35.8. The largest absolute Gasteiger partial charge is 0.341 e. The van der Waals surface area contributed by atoms with E-state index in [1.807, 2.05) is 6.92 Å². The Hall–Kier alpha value is -1.59. The van der Waals surface area contributed by atoms with Gasteiger partial charge in [0.05, 0.1) is 0 Å². The van der Waals surface area contributed by atoms with Crippen molar-refractivity contribution in [2.24, 2.45) is 11.8 Å². The van der Waals surface area contributed by atoms with Crippen molar-refractivity contribution in [1.29, 1.82) is 0 Å². The quantitative estimate of drug-likeness (QED) is 0.796. The minimum Gasteiger partial charge on any atom is -0.341 e. The Bertz CT molecular complexity index is 556. The Balaban J connectivity index is 1.65. The highest BCUT2D eigenvalue weighted by molar-refractivity contribution is 6.09. The van der Waals surface area contributed by atoms with Crippen molar-refractivity contribution < 1.29 is 14.4 Å². The third-order valence-corrected chi connectivity index (χ3v) is 6.72. The van der Waals surface area contributed by atoms with Crippen LogP contribution < -0.4 is 5.32 Å². The minimum absolute atomic E-state index is 0.121. The van der Waals surface area contributed by atoms with Gasteiger partial charge in [-0.1, -0.05) is 26.7 Å². The average molecular weight is 349 g/mol. The second-order valence-corrected chi connectivity index (χ2v) is 8.36. The van der Waals surface area contributed by atoms with E-state index in [9.17, 15) is 14.4 Å². The molecule has 3 rings (SSSR count). The molecule has 4 amide bonds. The van der Waals surface area contributed by atoms with Crippen LogP contribution >= 0.6 is 0 Å². The van der Waals surface area contributed by atoms with Crippen LogP contribution in [0, 0.1) is 11.8 Å². The zero-order valence-electron chi connectivity index (χ0n) is 15.7. The van der Waals surface area contributed by atoms with E-state index in [1.54, 1.807) is 11.9 Å². The van der Waals surface area contributed by atoms with Crippen molar-refractivity contribution in [1.82, 2.24) is 15.1 Å². The van der Waals surface area contributed by atoms with Gasteiger partial charge >= 0.3 is 6.03 Å². The summed E-state index contributed by atoms with van der Waals surface area (Å²) in [4.78, 5) is 40.9. The number of hydrogen-bond donors (Lipinski definition) is 1. The Labute approximate surface area is 150 Å². The first-order valence-corrected chi connectivity index (χ1v) is 9.75. The van der Waals surface area contributed by atoms with Gasteiger partial charge in [0.15, 0.2) is 0 Å². The highest BCUT2D eigenvalue weighted by atomic mass is 16.2. The Morgan fingerprint density at radius 2 is 1.84 bits per heavy atom. The summed E-state index contributed by atoms with van der Waals surface area (Å²) >= 11 is 0. The Kier molecular flexibility index (Phi) is 5.07. The summed E-state index contributed by atoms with van der Waals surface area (Å²) in [6.07, 6.45) is 7.92. The predicted octanol–water partition coefficient (Wildman–Crippen LogP) is 2.52. The SMILES string of the molecule is CC1CCC(N(C)C(=O)CN2C(=O)N[C@@]3(CCCC[C@H]3C)C2=O)CC1. The standard InChI is InChI=1S/C19H31N3O3/c1-13-7-9-15(10-8-13)21(3)16(23)12-22-17(24)19(20-18(22)25)11-5-4-6-14(19)2/h13-15H,4-12H2,1-3H3,(H,20,25)/t13?,14-,15?,19-/m1/s1. The van der Waals surface area contributed by atoms with E-state index in [0.29, 0.717) is 6.42 Å². The van der Waals surface area contributed by atoms with E-state index in [4.69, 9.17) is 0 Å². The van der Waals surface area contributed by atoms with Crippen molar-refractivity contribution in [2.45, 2.75) is 76.8 Å². The van der Waals surface area contributed by atoms with Gasteiger partial charge in [-0.25, -0.2) is 4.79 Å². The minimum atomic E-state index is -0.783. The van der Waals surface area contributed by atoms with Gasteiger partial charge in [0, 0.05) is 13.1 Å². The van der Waals surface area contributed by atoms with Gasteiger partial charge in [0.2, 0.25) is 5.91 Å². The van der Waals surface area contributed by atoms with Gasteiger partial charge in [-0.3, -0.25) is 14.5 Å². The average Bonchev–Trinajstić information content (AvgIpc) is 2.82. The summed E-state index contributed by atoms with van der Waals surface area (Å²) in [5.41, 5.74) is -0.783. The highest BCUT2D eigenvalue weighted by Crippen LogP contribution is 2.38. The molecule has 2 atom stereocenters. The number of imide groups is 1. The zero-order valence-corrected chi connectivity index (χ0v) is 15.7. The molecule has 2 aliphatic carbocycles. The van der Waals surface area contributed by atoms with E-state index in [-0.39, 0.29) is 30.3 Å². The summed E-state index contributed by atoms with van der Waals surface area (Å²) in [5.74, 6) is 0.501. The molecule has 3 aliphatic rings. The highest BCUT2D eigenvalue weighted by Gasteiger charge is 2.55. The molecule has 1 heterocycles. The molecule has 140 valence electrons. The van der Waals surface area contributed by atoms with Gasteiger partial charge in [-0.05, 0) is 50.4 Å². The van der Waals surface area contributed by atoms with Crippen LogP contribution in [0.15, 0.2) is 0 Å². The van der Waals surface area contributed by atoms with Crippen LogP contribution in [0.3, 0.4) is 0 Å². The molecule has 2 saturated carbocycles. The van der Waals surface area contributed by atoms with E-state index in [0.717, 1.165) is 55.8 Å². The van der Waals surface area contributed by atoms with Crippen LogP contribution in [0.25, 0.3) is 0 Å². The van der Waals surface area contributed by atoms with Gasteiger partial charge in [0.1, 0.15) is 12.1 Å². The lowest BCUT2D eigenvalue weighted by Gasteiger charge is -2.37. The van der Waals surface area contributed by atoms with Crippen LogP contribution in [0.5, 0.6) is 0 Å². The lowest BCUT2D eigenvalue weighted by atomic mass is 9.73. The molecule has 6 nitrogen and oxygen atoms in total. The van der Waals surface area contributed by atoms with Gasteiger partial charge in [-0.15, -0.1) is 0 Å². The summed E-state index contributed by atoms with van der Waals surface area (Å²) in [5, 5.41) is 2.92. The van der Waals surface area contributed by atoms with Gasteiger partial charge in [-0.2, -0.15) is 0 Å². The maximum atomic E-state index is 13.0. The second-order valence-electron chi connectivity index (χ2n) is 8.36. The first-order chi connectivity index (χ1) is 11.8. The molecule has 0 bridgehead atoms. The van der Waals surface area contributed by atoms with Crippen molar-refractivity contribution in [3.05, 3.63) is 0 Å². The Morgan fingerprint density at radius 3 is 2.48 bits per heavy atom. The van der Waals surface area contributed by atoms with Crippen LogP contribution in [0.1, 0.15) is 65.2 Å². The number of rotatable bonds is 3. The monoisotopic (exact) mass is 349 g/mol. The first-order valence-electron chi connectivity index (χ1n) is 9.75. The van der Waals surface area contributed by atoms with Crippen LogP contribution in [0.2, 0.25) is 0 Å². The third-order valence-electron chi connectivity index (χ3n) is 6.72. The molecule has 1 spiro atoms. The number of nitrogens with one attached hydrogen (secondary N) is 1. The van der Waals surface area contributed by atoms with Crippen molar-refractivity contribution in [2.75, 3.05) is 13.6 Å². The molecule has 6 heteroatoms. The number of carbonyl (C=O) groups is 3.